The topological polar surface area (TPSA) is 93.7 Å². The van der Waals surface area contributed by atoms with Gasteiger partial charge in [0.2, 0.25) is 0 Å². The van der Waals surface area contributed by atoms with Gasteiger partial charge in [-0.3, -0.25) is 9.69 Å². The van der Waals surface area contributed by atoms with Gasteiger partial charge in [0.05, 0.1) is 24.0 Å². The third-order valence-electron chi connectivity index (χ3n) is 4.66. The van der Waals surface area contributed by atoms with Gasteiger partial charge in [-0.2, -0.15) is 13.2 Å². The highest BCUT2D eigenvalue weighted by Gasteiger charge is 2.40. The first kappa shape index (κ1) is 26.9. The molecule has 0 unspecified atom stereocenters. The average molecular weight is 516 g/mol. The maximum atomic E-state index is 13.9. The highest BCUT2D eigenvalue weighted by Crippen LogP contribution is 2.32. The molecule has 2 amide bonds. The Bertz CT molecular complexity index is 1500. The molecule has 2 aromatic heterocycles. The van der Waals surface area contributed by atoms with Crippen LogP contribution in [0.5, 0.6) is 0 Å². The van der Waals surface area contributed by atoms with E-state index in [9.17, 15) is 27.2 Å². The number of nitrogens with zero attached hydrogens (tertiary/aromatic N) is 5. The standard InChI is InChI=1S/C24H20F4N6O3/c1-23(2,3)37-22(36)34(6)20-17-18(33(5)12-30-17)16(19(31-20)32-21(35)24(26,27)28)8-7-13-9-14(25)11-15(10-13)29-4/h9-12H,1-3,5-6H3,(H,31,32,35). The van der Waals surface area contributed by atoms with E-state index in [1.807, 2.05) is 0 Å². The third kappa shape index (κ3) is 6.13. The molecule has 13 heteroatoms. The number of aryl methyl sites for hydroxylation is 1. The Morgan fingerprint density at radius 3 is 2.46 bits per heavy atom. The number of anilines is 2. The first-order valence-electron chi connectivity index (χ1n) is 10.5. The maximum Gasteiger partial charge on any atom is 0.471 e. The molecule has 2 heterocycles. The quantitative estimate of drug-likeness (QED) is 0.296. The molecule has 0 spiro atoms. The second kappa shape index (κ2) is 9.78. The third-order valence-corrected chi connectivity index (χ3v) is 4.66. The van der Waals surface area contributed by atoms with Crippen molar-refractivity contribution in [3.05, 3.63) is 52.9 Å². The molecule has 0 aliphatic heterocycles. The van der Waals surface area contributed by atoms with Gasteiger partial charge in [-0.15, -0.1) is 0 Å². The van der Waals surface area contributed by atoms with E-state index in [2.05, 4.69) is 26.7 Å². The molecule has 0 aliphatic carbocycles. The normalized spacial score (nSPS) is 11.4. The van der Waals surface area contributed by atoms with Crippen molar-refractivity contribution in [1.29, 1.82) is 0 Å². The predicted octanol–water partition coefficient (Wildman–Crippen LogP) is 4.93. The Balaban J connectivity index is 2.27. The average Bonchev–Trinajstić information content (AvgIpc) is 3.16. The number of carbonyl (C=O) groups excluding carboxylic acids is 2. The van der Waals surface area contributed by atoms with Crippen LogP contribution in [0.4, 0.5) is 39.7 Å². The molecule has 0 aliphatic rings. The van der Waals surface area contributed by atoms with Crippen LogP contribution in [0.3, 0.4) is 0 Å². The molecule has 0 saturated heterocycles. The van der Waals surface area contributed by atoms with Crippen LogP contribution in [0.15, 0.2) is 24.5 Å². The molecule has 192 valence electrons. The number of halogens is 4. The number of rotatable bonds is 2. The number of nitrogens with one attached hydrogen (secondary N) is 1. The predicted molar refractivity (Wildman–Crippen MR) is 126 cm³/mol. The van der Waals surface area contributed by atoms with Crippen molar-refractivity contribution in [1.82, 2.24) is 14.5 Å². The SMILES string of the molecule is [C-]#[N+]c1cc(F)cc(C#Cc2c(NC(=O)C(F)(F)F)nc(N(C)C(=O)OC(C)(C)C)c3ncn(C)c23)c1. The maximum absolute atomic E-state index is 13.9. The number of ether oxygens (including phenoxy) is 1. The van der Waals surface area contributed by atoms with E-state index < -0.39 is 35.4 Å². The van der Waals surface area contributed by atoms with Crippen LogP contribution in [0.2, 0.25) is 0 Å². The van der Waals surface area contributed by atoms with E-state index in [1.54, 1.807) is 26.1 Å². The van der Waals surface area contributed by atoms with E-state index in [0.717, 1.165) is 17.0 Å². The number of pyridine rings is 1. The fraction of sp³-hybridized carbons (Fsp3) is 0.292. The smallest absolute Gasteiger partial charge is 0.443 e. The molecule has 3 aromatic rings. The van der Waals surface area contributed by atoms with Crippen LogP contribution in [0, 0.1) is 24.2 Å². The molecule has 0 atom stereocenters. The second-order valence-electron chi connectivity index (χ2n) is 8.76. The summed E-state index contributed by atoms with van der Waals surface area (Å²) < 4.78 is 59.9. The van der Waals surface area contributed by atoms with E-state index in [-0.39, 0.29) is 33.7 Å². The molecule has 9 nitrogen and oxygen atoms in total. The van der Waals surface area contributed by atoms with Gasteiger partial charge >= 0.3 is 18.2 Å². The lowest BCUT2D eigenvalue weighted by Crippen LogP contribution is -2.35. The van der Waals surface area contributed by atoms with E-state index >= 15 is 0 Å². The molecule has 0 fully saturated rings. The minimum atomic E-state index is -5.25. The fourth-order valence-electron chi connectivity index (χ4n) is 3.10. The van der Waals surface area contributed by atoms with E-state index in [1.165, 1.54) is 31.1 Å². The van der Waals surface area contributed by atoms with Crippen LogP contribution in [0.25, 0.3) is 15.9 Å². The summed E-state index contributed by atoms with van der Waals surface area (Å²) in [4.78, 5) is 36.8. The largest absolute Gasteiger partial charge is 0.471 e. The van der Waals surface area contributed by atoms with Crippen LogP contribution in [-0.4, -0.2) is 45.4 Å². The van der Waals surface area contributed by atoms with Crippen LogP contribution in [-0.2, 0) is 16.6 Å². The Labute approximate surface area is 208 Å². The molecule has 0 radical (unpaired) electrons. The van der Waals surface area contributed by atoms with Gasteiger partial charge in [0.15, 0.2) is 17.3 Å². The van der Waals surface area contributed by atoms with Gasteiger partial charge in [-0.05, 0) is 39.0 Å². The lowest BCUT2D eigenvalue weighted by molar-refractivity contribution is -0.167. The fourth-order valence-corrected chi connectivity index (χ4v) is 3.10. The highest BCUT2D eigenvalue weighted by atomic mass is 19.4. The summed E-state index contributed by atoms with van der Waals surface area (Å²) >= 11 is 0. The van der Waals surface area contributed by atoms with Crippen molar-refractivity contribution in [2.75, 3.05) is 17.3 Å². The van der Waals surface area contributed by atoms with E-state index in [0.29, 0.717) is 0 Å². The zero-order valence-electron chi connectivity index (χ0n) is 20.3. The number of hydrogen-bond acceptors (Lipinski definition) is 5. The van der Waals surface area contributed by atoms with Crippen molar-refractivity contribution in [3.8, 4) is 11.8 Å². The monoisotopic (exact) mass is 516 g/mol. The number of imidazole rings is 1. The number of hydrogen-bond donors (Lipinski definition) is 1. The second-order valence-corrected chi connectivity index (χ2v) is 8.76. The first-order valence-corrected chi connectivity index (χ1v) is 10.5. The van der Waals surface area contributed by atoms with Gasteiger partial charge in [0.25, 0.3) is 0 Å². The van der Waals surface area contributed by atoms with Gasteiger partial charge in [0.1, 0.15) is 16.9 Å². The van der Waals surface area contributed by atoms with Gasteiger partial charge < -0.3 is 14.6 Å². The van der Waals surface area contributed by atoms with Crippen molar-refractivity contribution >= 4 is 40.4 Å². The number of carbonyl (C=O) groups is 2. The molecule has 3 rings (SSSR count). The highest BCUT2D eigenvalue weighted by molar-refractivity contribution is 6.03. The van der Waals surface area contributed by atoms with Crippen molar-refractivity contribution < 1.29 is 31.9 Å². The molecule has 0 saturated carbocycles. The number of amides is 2. The van der Waals surface area contributed by atoms with Gasteiger partial charge in [-0.25, -0.2) is 24.0 Å². The number of benzene rings is 1. The summed E-state index contributed by atoms with van der Waals surface area (Å²) in [5.74, 6) is 1.33. The summed E-state index contributed by atoms with van der Waals surface area (Å²) in [6.07, 6.45) is -4.80. The zero-order valence-corrected chi connectivity index (χ0v) is 20.3. The molecule has 1 N–H and O–H groups in total. The van der Waals surface area contributed by atoms with E-state index in [4.69, 9.17) is 11.3 Å². The minimum Gasteiger partial charge on any atom is -0.443 e. The Hall–Kier alpha value is -4.65. The Morgan fingerprint density at radius 1 is 1.19 bits per heavy atom. The minimum absolute atomic E-state index is 0.0342. The van der Waals surface area contributed by atoms with Gasteiger partial charge in [0, 0.05) is 19.7 Å². The summed E-state index contributed by atoms with van der Waals surface area (Å²) in [7, 11) is 2.80. The van der Waals surface area contributed by atoms with Crippen molar-refractivity contribution in [3.63, 3.8) is 0 Å². The molecule has 0 bridgehead atoms. The lowest BCUT2D eigenvalue weighted by atomic mass is 10.1. The van der Waals surface area contributed by atoms with Crippen LogP contribution >= 0.6 is 0 Å². The van der Waals surface area contributed by atoms with Crippen molar-refractivity contribution in [2.45, 2.75) is 32.5 Å². The number of fused-ring (bicyclic) bond motifs is 1. The summed E-state index contributed by atoms with van der Waals surface area (Å²) in [5.41, 5.74) is -0.832. The summed E-state index contributed by atoms with van der Waals surface area (Å²) in [5, 5.41) is 1.69. The molecular formula is C24H20F4N6O3. The Morgan fingerprint density at radius 2 is 1.86 bits per heavy atom. The molecule has 1 aromatic carbocycles. The summed E-state index contributed by atoms with van der Waals surface area (Å²) in [6.45, 7) is 11.9. The lowest BCUT2D eigenvalue weighted by Gasteiger charge is -2.24. The first-order chi connectivity index (χ1) is 17.1. The van der Waals surface area contributed by atoms with Gasteiger partial charge in [-0.1, -0.05) is 11.8 Å². The Kier molecular flexibility index (Phi) is 7.12. The van der Waals surface area contributed by atoms with Crippen LogP contribution < -0.4 is 10.2 Å². The van der Waals surface area contributed by atoms with Crippen molar-refractivity contribution in [2.24, 2.45) is 7.05 Å². The van der Waals surface area contributed by atoms with Crippen LogP contribution in [0.1, 0.15) is 31.9 Å². The zero-order chi connectivity index (χ0) is 27.7. The number of aromatic nitrogens is 3. The summed E-state index contributed by atoms with van der Waals surface area (Å²) in [6, 6.07) is 3.32. The molecule has 37 heavy (non-hydrogen) atoms. The number of alkyl halides is 3. The molecular weight excluding hydrogens is 496 g/mol.